The maximum Gasteiger partial charge on any atom is 0.303 e. The standard InChI is InChI=1S/C21H36O3/c1-2-3-4-5-6-10-13-20-18(15-16-19(20)17-22)12-9-7-8-11-14-21(23)24/h7,9-10,13,18-20,22H,2-6,8,11-12,14-17H2,1H3,(H,23,24)/b9-7-,13-10+/t18-,19-,20+/m0/s1. The molecule has 0 amide bonds. The predicted octanol–water partition coefficient (Wildman–Crippen LogP) is 5.35. The molecule has 0 spiro atoms. The molecule has 0 aromatic rings. The van der Waals surface area contributed by atoms with Crippen molar-refractivity contribution in [1.82, 2.24) is 0 Å². The lowest BCUT2D eigenvalue weighted by molar-refractivity contribution is -0.137. The highest BCUT2D eigenvalue weighted by atomic mass is 16.4. The van der Waals surface area contributed by atoms with Crippen LogP contribution >= 0.6 is 0 Å². The molecule has 1 aliphatic carbocycles. The molecule has 2 N–H and O–H groups in total. The van der Waals surface area contributed by atoms with Crippen LogP contribution in [-0.2, 0) is 4.79 Å². The zero-order valence-corrected chi connectivity index (χ0v) is 15.3. The van der Waals surface area contributed by atoms with Crippen molar-refractivity contribution in [3.63, 3.8) is 0 Å². The van der Waals surface area contributed by atoms with Gasteiger partial charge in [0.15, 0.2) is 0 Å². The molecule has 1 rings (SSSR count). The van der Waals surface area contributed by atoms with Crippen molar-refractivity contribution in [2.24, 2.45) is 17.8 Å². The summed E-state index contributed by atoms with van der Waals surface area (Å²) in [6.45, 7) is 2.53. The Morgan fingerprint density at radius 2 is 1.75 bits per heavy atom. The van der Waals surface area contributed by atoms with Gasteiger partial charge in [-0.3, -0.25) is 4.79 Å². The minimum absolute atomic E-state index is 0.254. The van der Waals surface area contributed by atoms with E-state index in [-0.39, 0.29) is 6.42 Å². The van der Waals surface area contributed by atoms with Gasteiger partial charge in [0, 0.05) is 13.0 Å². The Morgan fingerprint density at radius 3 is 2.46 bits per heavy atom. The average Bonchev–Trinajstić information content (AvgIpc) is 2.95. The molecule has 1 fully saturated rings. The van der Waals surface area contributed by atoms with Crippen molar-refractivity contribution in [3.8, 4) is 0 Å². The fourth-order valence-electron chi connectivity index (χ4n) is 3.70. The van der Waals surface area contributed by atoms with E-state index in [1.165, 1.54) is 32.1 Å². The normalized spacial score (nSPS) is 24.3. The van der Waals surface area contributed by atoms with Gasteiger partial charge >= 0.3 is 5.97 Å². The molecule has 0 bridgehead atoms. The largest absolute Gasteiger partial charge is 0.481 e. The van der Waals surface area contributed by atoms with Gasteiger partial charge in [0.25, 0.3) is 0 Å². The van der Waals surface area contributed by atoms with Crippen molar-refractivity contribution in [2.45, 2.75) is 77.6 Å². The van der Waals surface area contributed by atoms with Crippen LogP contribution in [0.2, 0.25) is 0 Å². The second-order valence-electron chi connectivity index (χ2n) is 7.13. The lowest BCUT2D eigenvalue weighted by Crippen LogP contribution is -2.15. The summed E-state index contributed by atoms with van der Waals surface area (Å²) >= 11 is 0. The lowest BCUT2D eigenvalue weighted by atomic mass is 9.87. The van der Waals surface area contributed by atoms with E-state index in [0.29, 0.717) is 24.4 Å². The topological polar surface area (TPSA) is 57.5 Å². The lowest BCUT2D eigenvalue weighted by Gasteiger charge is -2.19. The first-order chi connectivity index (χ1) is 11.7. The van der Waals surface area contributed by atoms with E-state index in [1.54, 1.807) is 0 Å². The van der Waals surface area contributed by atoms with Crippen molar-refractivity contribution in [2.75, 3.05) is 6.61 Å². The van der Waals surface area contributed by atoms with Gasteiger partial charge in [-0.05, 0) is 62.7 Å². The highest BCUT2D eigenvalue weighted by Gasteiger charge is 2.32. The van der Waals surface area contributed by atoms with Crippen LogP contribution in [0, 0.1) is 17.8 Å². The van der Waals surface area contributed by atoms with Crippen molar-refractivity contribution < 1.29 is 15.0 Å². The van der Waals surface area contributed by atoms with Crippen LogP contribution < -0.4 is 0 Å². The minimum Gasteiger partial charge on any atom is -0.481 e. The molecule has 0 unspecified atom stereocenters. The van der Waals surface area contributed by atoms with Gasteiger partial charge in [-0.25, -0.2) is 0 Å². The molecule has 1 aliphatic rings. The molecule has 0 aromatic heterocycles. The Kier molecular flexibility index (Phi) is 11.5. The number of carboxylic acids is 1. The summed E-state index contributed by atoms with van der Waals surface area (Å²) < 4.78 is 0. The van der Waals surface area contributed by atoms with Gasteiger partial charge in [-0.1, -0.05) is 50.5 Å². The summed E-state index contributed by atoms with van der Waals surface area (Å²) in [6, 6.07) is 0. The summed E-state index contributed by atoms with van der Waals surface area (Å²) in [6.07, 6.45) is 20.6. The summed E-state index contributed by atoms with van der Waals surface area (Å²) in [5.41, 5.74) is 0. The highest BCUT2D eigenvalue weighted by Crippen LogP contribution is 2.40. The van der Waals surface area contributed by atoms with Crippen LogP contribution in [0.15, 0.2) is 24.3 Å². The van der Waals surface area contributed by atoms with Crippen LogP contribution in [0.4, 0.5) is 0 Å². The van der Waals surface area contributed by atoms with Crippen LogP contribution in [0.1, 0.15) is 77.6 Å². The molecule has 138 valence electrons. The SMILES string of the molecule is CCCCCC/C=C/[C@H]1[C@H](CO)CC[C@@H]1C/C=C\CCCC(=O)O. The smallest absolute Gasteiger partial charge is 0.303 e. The van der Waals surface area contributed by atoms with Crippen LogP contribution in [-0.4, -0.2) is 22.8 Å². The first-order valence-corrected chi connectivity index (χ1v) is 9.83. The number of rotatable bonds is 13. The maximum atomic E-state index is 10.5. The Balaban J connectivity index is 2.34. The minimum atomic E-state index is -0.714. The molecule has 0 aromatic carbocycles. The fraction of sp³-hybridized carbons (Fsp3) is 0.762. The average molecular weight is 337 g/mol. The van der Waals surface area contributed by atoms with Crippen LogP contribution in [0.3, 0.4) is 0 Å². The van der Waals surface area contributed by atoms with Gasteiger partial charge in [0.1, 0.15) is 0 Å². The van der Waals surface area contributed by atoms with Crippen molar-refractivity contribution in [3.05, 3.63) is 24.3 Å². The summed E-state index contributed by atoms with van der Waals surface area (Å²) in [5.74, 6) is 0.839. The molecule has 3 atom stereocenters. The predicted molar refractivity (Wildman–Crippen MR) is 99.9 cm³/mol. The number of aliphatic carboxylic acids is 1. The first-order valence-electron chi connectivity index (χ1n) is 9.83. The monoisotopic (exact) mass is 336 g/mol. The van der Waals surface area contributed by atoms with E-state index in [1.807, 2.05) is 0 Å². The second kappa shape index (κ2) is 13.2. The van der Waals surface area contributed by atoms with Gasteiger partial charge in [-0.2, -0.15) is 0 Å². The van der Waals surface area contributed by atoms with E-state index in [2.05, 4.69) is 31.2 Å². The highest BCUT2D eigenvalue weighted by molar-refractivity contribution is 5.66. The quantitative estimate of drug-likeness (QED) is 0.352. The molecule has 24 heavy (non-hydrogen) atoms. The molecule has 3 heteroatoms. The third-order valence-corrected chi connectivity index (χ3v) is 5.18. The zero-order valence-electron chi connectivity index (χ0n) is 15.3. The van der Waals surface area contributed by atoms with Crippen LogP contribution in [0.5, 0.6) is 0 Å². The summed E-state index contributed by atoms with van der Waals surface area (Å²) in [7, 11) is 0. The Labute approximate surface area is 147 Å². The Bertz CT molecular complexity index is 387. The summed E-state index contributed by atoms with van der Waals surface area (Å²) in [5, 5.41) is 18.2. The molecular formula is C21H36O3. The van der Waals surface area contributed by atoms with E-state index in [0.717, 1.165) is 32.1 Å². The van der Waals surface area contributed by atoms with Gasteiger partial charge in [-0.15, -0.1) is 0 Å². The molecule has 0 saturated heterocycles. The van der Waals surface area contributed by atoms with E-state index in [4.69, 9.17) is 5.11 Å². The van der Waals surface area contributed by atoms with Gasteiger partial charge in [0.05, 0.1) is 0 Å². The number of hydrogen-bond donors (Lipinski definition) is 2. The number of allylic oxidation sites excluding steroid dienone is 4. The zero-order chi connectivity index (χ0) is 17.6. The number of aliphatic hydroxyl groups is 1. The Morgan fingerprint density at radius 1 is 1.00 bits per heavy atom. The van der Waals surface area contributed by atoms with Crippen molar-refractivity contribution >= 4 is 5.97 Å². The molecular weight excluding hydrogens is 300 g/mol. The Hall–Kier alpha value is -1.09. The number of aliphatic hydroxyl groups excluding tert-OH is 1. The van der Waals surface area contributed by atoms with E-state index < -0.39 is 5.97 Å². The molecule has 0 radical (unpaired) electrons. The third kappa shape index (κ3) is 8.68. The third-order valence-electron chi connectivity index (χ3n) is 5.18. The maximum absolute atomic E-state index is 10.5. The number of unbranched alkanes of at least 4 members (excludes halogenated alkanes) is 5. The molecule has 3 nitrogen and oxygen atoms in total. The van der Waals surface area contributed by atoms with E-state index in [9.17, 15) is 9.90 Å². The molecule has 0 aliphatic heterocycles. The molecule has 1 saturated carbocycles. The number of carboxylic acid groups (broad SMARTS) is 1. The van der Waals surface area contributed by atoms with E-state index >= 15 is 0 Å². The summed E-state index contributed by atoms with van der Waals surface area (Å²) in [4.78, 5) is 10.5. The van der Waals surface area contributed by atoms with Gasteiger partial charge < -0.3 is 10.2 Å². The number of carbonyl (C=O) groups is 1. The fourth-order valence-corrected chi connectivity index (χ4v) is 3.70. The van der Waals surface area contributed by atoms with Gasteiger partial charge in [0.2, 0.25) is 0 Å². The molecule has 0 heterocycles. The van der Waals surface area contributed by atoms with Crippen LogP contribution in [0.25, 0.3) is 0 Å². The second-order valence-corrected chi connectivity index (χ2v) is 7.13. The van der Waals surface area contributed by atoms with Crippen molar-refractivity contribution in [1.29, 1.82) is 0 Å². The number of hydrogen-bond acceptors (Lipinski definition) is 2. The first kappa shape index (κ1) is 21.0.